The van der Waals surface area contributed by atoms with Gasteiger partial charge in [0.05, 0.1) is 36.8 Å². The summed E-state index contributed by atoms with van der Waals surface area (Å²) in [5.41, 5.74) is 1.16. The summed E-state index contributed by atoms with van der Waals surface area (Å²) in [6.07, 6.45) is 4.65. The molecule has 1 N–H and O–H groups in total. The molecule has 1 saturated heterocycles. The molecule has 0 radical (unpaired) electrons. The number of hydrogen-bond acceptors (Lipinski definition) is 8. The Morgan fingerprint density at radius 2 is 2.11 bits per heavy atom. The number of hydrogen-bond donors (Lipinski definition) is 1. The molecule has 0 saturated carbocycles. The van der Waals surface area contributed by atoms with Crippen molar-refractivity contribution in [1.82, 2.24) is 29.3 Å². The topological polar surface area (TPSA) is 125 Å². The van der Waals surface area contributed by atoms with E-state index in [0.717, 1.165) is 6.42 Å². The minimum absolute atomic E-state index is 0.0508. The van der Waals surface area contributed by atoms with Gasteiger partial charge in [-0.05, 0) is 33.6 Å². The van der Waals surface area contributed by atoms with Gasteiger partial charge in [-0.1, -0.05) is 0 Å². The molecular weight excluding hydrogens is 454 g/mol. The maximum atomic E-state index is 12.5. The Morgan fingerprint density at radius 3 is 2.89 bits per heavy atom. The molecule has 0 aromatic carbocycles. The Balaban J connectivity index is 1.56. The van der Waals surface area contributed by atoms with Crippen LogP contribution in [0.4, 0.5) is 10.6 Å². The fraction of sp³-hybridized carbons (Fsp3) is 0.522. The molecule has 4 bridgehead atoms. The number of nitrogens with zero attached hydrogens (tertiary/aromatic N) is 6. The van der Waals surface area contributed by atoms with Crippen LogP contribution >= 0.6 is 0 Å². The Hall–Kier alpha value is -3.83. The van der Waals surface area contributed by atoms with Crippen molar-refractivity contribution < 1.29 is 23.8 Å². The number of aromatic nitrogens is 5. The largest absolute Gasteiger partial charge is 0.490 e. The highest BCUT2D eigenvalue weighted by atomic mass is 16.6. The molecule has 3 aromatic heterocycles. The standard InChI is InChI=1S/C23H29N7O5/c1-23(2,3)35-22(32)25-18-10-16-15-11-24-30-12-17(33-4)21(26-20(15)30)34-13-14-6-7-19(31)28(14)8-5-9-29(18)27-16/h10-12,14H,5-9,13H2,1-4H3,(H,25,32)/t14-/m0/s1. The summed E-state index contributed by atoms with van der Waals surface area (Å²) in [6.45, 7) is 6.78. The van der Waals surface area contributed by atoms with Gasteiger partial charge in [0.15, 0.2) is 11.4 Å². The second-order valence-electron chi connectivity index (χ2n) is 9.65. The van der Waals surface area contributed by atoms with Crippen LogP contribution in [-0.2, 0) is 16.1 Å². The number of anilines is 1. The predicted molar refractivity (Wildman–Crippen MR) is 125 cm³/mol. The zero-order chi connectivity index (χ0) is 24.7. The van der Waals surface area contributed by atoms with Crippen LogP contribution in [0.5, 0.6) is 11.6 Å². The van der Waals surface area contributed by atoms with E-state index in [2.05, 4.69) is 15.4 Å². The molecule has 12 nitrogen and oxygen atoms in total. The Bertz CT molecular complexity index is 1280. The van der Waals surface area contributed by atoms with Gasteiger partial charge in [-0.25, -0.2) is 14.0 Å². The van der Waals surface area contributed by atoms with Crippen molar-refractivity contribution in [3.05, 3.63) is 18.5 Å². The minimum atomic E-state index is -0.639. The lowest BCUT2D eigenvalue weighted by Crippen LogP contribution is -2.38. The Labute approximate surface area is 202 Å². The van der Waals surface area contributed by atoms with E-state index in [1.54, 1.807) is 55.5 Å². The fourth-order valence-corrected chi connectivity index (χ4v) is 4.37. The first-order valence-electron chi connectivity index (χ1n) is 11.6. The van der Waals surface area contributed by atoms with Gasteiger partial charge < -0.3 is 19.1 Å². The second kappa shape index (κ2) is 8.75. The molecule has 5 rings (SSSR count). The van der Waals surface area contributed by atoms with E-state index in [9.17, 15) is 9.59 Å². The van der Waals surface area contributed by atoms with Crippen molar-refractivity contribution in [3.63, 3.8) is 0 Å². The van der Waals surface area contributed by atoms with E-state index < -0.39 is 11.7 Å². The third kappa shape index (κ3) is 4.60. The Morgan fingerprint density at radius 1 is 1.29 bits per heavy atom. The third-order valence-electron chi connectivity index (χ3n) is 5.97. The lowest BCUT2D eigenvalue weighted by Gasteiger charge is -2.25. The van der Waals surface area contributed by atoms with Crippen LogP contribution in [0.25, 0.3) is 16.9 Å². The molecule has 12 heteroatoms. The number of carbonyl (C=O) groups excluding carboxylic acids is 2. The van der Waals surface area contributed by atoms with Crippen molar-refractivity contribution in [2.45, 2.75) is 58.2 Å². The van der Waals surface area contributed by atoms with Crippen LogP contribution in [-0.4, -0.2) is 73.2 Å². The van der Waals surface area contributed by atoms with E-state index in [-0.39, 0.29) is 11.9 Å². The molecule has 0 aliphatic carbocycles. The van der Waals surface area contributed by atoms with Gasteiger partial charge in [0.2, 0.25) is 5.91 Å². The second-order valence-corrected chi connectivity index (χ2v) is 9.65. The van der Waals surface area contributed by atoms with Crippen molar-refractivity contribution >= 4 is 23.5 Å². The number of ether oxygens (including phenoxy) is 3. The lowest BCUT2D eigenvalue weighted by atomic mass is 10.2. The molecular formula is C23H29N7O5. The van der Waals surface area contributed by atoms with Gasteiger partial charge in [-0.3, -0.25) is 10.1 Å². The summed E-state index contributed by atoms with van der Waals surface area (Å²) in [4.78, 5) is 31.5. The summed E-state index contributed by atoms with van der Waals surface area (Å²) in [6, 6.07) is 1.71. The highest BCUT2D eigenvalue weighted by Gasteiger charge is 2.32. The number of aryl methyl sites for hydroxylation is 1. The van der Waals surface area contributed by atoms with Crippen LogP contribution < -0.4 is 14.8 Å². The van der Waals surface area contributed by atoms with E-state index in [1.165, 1.54) is 0 Å². The molecule has 35 heavy (non-hydrogen) atoms. The van der Waals surface area contributed by atoms with Gasteiger partial charge in [-0.15, -0.1) is 0 Å². The average Bonchev–Trinajstić information content (AvgIpc) is 3.47. The van der Waals surface area contributed by atoms with Crippen LogP contribution in [0.3, 0.4) is 0 Å². The monoisotopic (exact) mass is 483 g/mol. The maximum absolute atomic E-state index is 12.5. The summed E-state index contributed by atoms with van der Waals surface area (Å²) in [7, 11) is 1.54. The summed E-state index contributed by atoms with van der Waals surface area (Å²) >= 11 is 0. The zero-order valence-corrected chi connectivity index (χ0v) is 20.3. The first kappa shape index (κ1) is 22.9. The smallest absolute Gasteiger partial charge is 0.413 e. The molecule has 0 unspecified atom stereocenters. The zero-order valence-electron chi connectivity index (χ0n) is 20.3. The number of amides is 2. The molecule has 3 aromatic rings. The first-order valence-corrected chi connectivity index (χ1v) is 11.6. The van der Waals surface area contributed by atoms with Crippen molar-refractivity contribution in [2.24, 2.45) is 0 Å². The number of rotatable bonds is 2. The SMILES string of the molecule is COc1cn2ncc3c2nc1OC[C@@H]1CCC(=O)N1CCCn1nc-3cc1NC(=O)OC(C)(C)C. The summed E-state index contributed by atoms with van der Waals surface area (Å²) < 4.78 is 20.3. The van der Waals surface area contributed by atoms with Crippen LogP contribution in [0.15, 0.2) is 18.5 Å². The van der Waals surface area contributed by atoms with Gasteiger partial charge in [-0.2, -0.15) is 15.2 Å². The van der Waals surface area contributed by atoms with Crippen molar-refractivity contribution in [2.75, 3.05) is 25.6 Å². The van der Waals surface area contributed by atoms with Crippen LogP contribution in [0.1, 0.15) is 40.0 Å². The summed E-state index contributed by atoms with van der Waals surface area (Å²) in [5.74, 6) is 1.35. The van der Waals surface area contributed by atoms with E-state index >= 15 is 0 Å². The average molecular weight is 484 g/mol. The third-order valence-corrected chi connectivity index (χ3v) is 5.97. The molecule has 1 atom stereocenters. The number of fused-ring (bicyclic) bond motifs is 5. The highest BCUT2D eigenvalue weighted by molar-refractivity contribution is 5.86. The van der Waals surface area contributed by atoms with E-state index in [1.807, 2.05) is 4.90 Å². The van der Waals surface area contributed by atoms with Gasteiger partial charge in [0, 0.05) is 25.6 Å². The van der Waals surface area contributed by atoms with Gasteiger partial charge in [0.1, 0.15) is 18.0 Å². The molecule has 1 fully saturated rings. The quantitative estimate of drug-likeness (QED) is 0.590. The summed E-state index contributed by atoms with van der Waals surface area (Å²) in [5, 5.41) is 11.9. The molecule has 2 amide bonds. The van der Waals surface area contributed by atoms with Crippen LogP contribution in [0, 0.1) is 0 Å². The number of nitrogens with one attached hydrogen (secondary N) is 1. The predicted octanol–water partition coefficient (Wildman–Crippen LogP) is 2.72. The highest BCUT2D eigenvalue weighted by Crippen LogP contribution is 2.32. The molecule has 2 aliphatic heterocycles. The normalized spacial score (nSPS) is 18.2. The van der Waals surface area contributed by atoms with Gasteiger partial charge >= 0.3 is 6.09 Å². The molecule has 186 valence electrons. The molecule has 2 aliphatic rings. The number of carbonyl (C=O) groups is 2. The minimum Gasteiger partial charge on any atom is -0.490 e. The van der Waals surface area contributed by atoms with E-state index in [4.69, 9.17) is 19.3 Å². The van der Waals surface area contributed by atoms with Crippen molar-refractivity contribution in [3.8, 4) is 22.9 Å². The lowest BCUT2D eigenvalue weighted by molar-refractivity contribution is -0.129. The van der Waals surface area contributed by atoms with Gasteiger partial charge in [0.25, 0.3) is 5.88 Å². The van der Waals surface area contributed by atoms with E-state index in [0.29, 0.717) is 66.9 Å². The Kier molecular flexibility index (Phi) is 5.73. The molecule has 0 spiro atoms. The fourth-order valence-electron chi connectivity index (χ4n) is 4.37. The van der Waals surface area contributed by atoms with Crippen molar-refractivity contribution in [1.29, 1.82) is 0 Å². The number of methoxy groups -OCH3 is 1. The maximum Gasteiger partial charge on any atom is 0.413 e. The first-order chi connectivity index (χ1) is 16.7. The van der Waals surface area contributed by atoms with Crippen LogP contribution in [0.2, 0.25) is 0 Å². The molecule has 5 heterocycles.